The van der Waals surface area contributed by atoms with E-state index in [1.165, 1.54) is 32.1 Å². The SMILES string of the molecule is CN=C(NCCC(=O)Nc1cccc(C)n1)N1CCC2(CCCC2)C1. The van der Waals surface area contributed by atoms with Crippen molar-refractivity contribution >= 4 is 17.7 Å². The average molecular weight is 343 g/mol. The number of carbonyl (C=O) groups excluding carboxylic acids is 1. The molecule has 0 unspecified atom stereocenters. The van der Waals surface area contributed by atoms with Gasteiger partial charge in [0.05, 0.1) is 0 Å². The van der Waals surface area contributed by atoms with Crippen LogP contribution in [0.2, 0.25) is 0 Å². The summed E-state index contributed by atoms with van der Waals surface area (Å²) in [5.41, 5.74) is 1.41. The predicted molar refractivity (Wildman–Crippen MR) is 101 cm³/mol. The number of nitrogens with zero attached hydrogens (tertiary/aromatic N) is 3. The molecule has 6 heteroatoms. The summed E-state index contributed by atoms with van der Waals surface area (Å²) in [4.78, 5) is 23.1. The first-order chi connectivity index (χ1) is 12.1. The second kappa shape index (κ2) is 7.85. The van der Waals surface area contributed by atoms with E-state index in [1.54, 1.807) is 0 Å². The van der Waals surface area contributed by atoms with Crippen LogP contribution < -0.4 is 10.6 Å². The molecular formula is C19H29N5O. The van der Waals surface area contributed by atoms with E-state index in [9.17, 15) is 4.79 Å². The Kier molecular flexibility index (Phi) is 5.56. The van der Waals surface area contributed by atoms with E-state index in [-0.39, 0.29) is 5.91 Å². The maximum atomic E-state index is 12.1. The van der Waals surface area contributed by atoms with Crippen LogP contribution in [0.25, 0.3) is 0 Å². The van der Waals surface area contributed by atoms with Crippen molar-refractivity contribution in [1.82, 2.24) is 15.2 Å². The van der Waals surface area contributed by atoms with Crippen LogP contribution >= 0.6 is 0 Å². The first kappa shape index (κ1) is 17.7. The lowest BCUT2D eigenvalue weighted by Crippen LogP contribution is -2.42. The number of rotatable bonds is 4. The quantitative estimate of drug-likeness (QED) is 0.651. The molecule has 1 spiro atoms. The third kappa shape index (κ3) is 4.50. The molecule has 1 amide bonds. The van der Waals surface area contributed by atoms with E-state index in [2.05, 4.69) is 25.5 Å². The Morgan fingerprint density at radius 2 is 2.12 bits per heavy atom. The molecule has 1 aromatic heterocycles. The maximum Gasteiger partial charge on any atom is 0.227 e. The van der Waals surface area contributed by atoms with Gasteiger partial charge in [0.1, 0.15) is 5.82 Å². The number of likely N-dealkylation sites (tertiary alicyclic amines) is 1. The summed E-state index contributed by atoms with van der Waals surface area (Å²) < 4.78 is 0. The van der Waals surface area contributed by atoms with Gasteiger partial charge in [0, 0.05) is 38.8 Å². The van der Waals surface area contributed by atoms with Crippen LogP contribution in [0.15, 0.2) is 23.2 Å². The van der Waals surface area contributed by atoms with Gasteiger partial charge in [-0.2, -0.15) is 0 Å². The zero-order valence-electron chi connectivity index (χ0n) is 15.3. The normalized spacial score (nSPS) is 19.4. The lowest BCUT2D eigenvalue weighted by molar-refractivity contribution is -0.116. The van der Waals surface area contributed by atoms with Crippen LogP contribution in [0, 0.1) is 12.3 Å². The molecule has 0 bridgehead atoms. The van der Waals surface area contributed by atoms with Gasteiger partial charge in [-0.25, -0.2) is 4.98 Å². The third-order valence-electron chi connectivity index (χ3n) is 5.40. The smallest absolute Gasteiger partial charge is 0.227 e. The first-order valence-electron chi connectivity index (χ1n) is 9.29. The number of hydrogen-bond acceptors (Lipinski definition) is 3. The summed E-state index contributed by atoms with van der Waals surface area (Å²) in [7, 11) is 1.82. The van der Waals surface area contributed by atoms with Gasteiger partial charge in [0.15, 0.2) is 5.96 Å². The van der Waals surface area contributed by atoms with Crippen molar-refractivity contribution in [2.24, 2.45) is 10.4 Å². The number of guanidine groups is 1. The second-order valence-electron chi connectivity index (χ2n) is 7.32. The molecule has 2 N–H and O–H groups in total. The minimum absolute atomic E-state index is 0.0326. The number of aliphatic imine (C=N–C) groups is 1. The van der Waals surface area contributed by atoms with Gasteiger partial charge >= 0.3 is 0 Å². The Hall–Kier alpha value is -2.11. The second-order valence-corrected chi connectivity index (χ2v) is 7.32. The maximum absolute atomic E-state index is 12.1. The Balaban J connectivity index is 1.43. The largest absolute Gasteiger partial charge is 0.356 e. The molecule has 6 nitrogen and oxygen atoms in total. The number of hydrogen-bond donors (Lipinski definition) is 2. The Morgan fingerprint density at radius 3 is 2.84 bits per heavy atom. The standard InChI is InChI=1S/C19H29N5O/c1-15-6-5-7-16(22-15)23-17(25)8-12-21-18(20-2)24-13-11-19(14-24)9-3-4-10-19/h5-7H,3-4,8-14H2,1-2H3,(H,20,21)(H,22,23,25). The Labute approximate surface area is 150 Å². The van der Waals surface area contributed by atoms with Gasteiger partial charge in [-0.3, -0.25) is 9.79 Å². The van der Waals surface area contributed by atoms with Gasteiger partial charge in [0.2, 0.25) is 5.91 Å². The lowest BCUT2D eigenvalue weighted by atomic mass is 9.86. The molecule has 1 aliphatic heterocycles. The minimum atomic E-state index is -0.0326. The van der Waals surface area contributed by atoms with Crippen LogP contribution in [-0.2, 0) is 4.79 Å². The molecular weight excluding hydrogens is 314 g/mol. The Morgan fingerprint density at radius 1 is 1.32 bits per heavy atom. The van der Waals surface area contributed by atoms with Gasteiger partial charge in [-0.1, -0.05) is 18.9 Å². The van der Waals surface area contributed by atoms with Crippen LogP contribution in [-0.4, -0.2) is 48.4 Å². The molecule has 0 radical (unpaired) electrons. The number of carbonyl (C=O) groups is 1. The van der Waals surface area contributed by atoms with Crippen LogP contribution in [0.3, 0.4) is 0 Å². The Bertz CT molecular complexity index is 636. The zero-order chi connectivity index (χ0) is 17.7. The topological polar surface area (TPSA) is 69.6 Å². The van der Waals surface area contributed by atoms with Crippen molar-refractivity contribution in [3.63, 3.8) is 0 Å². The third-order valence-corrected chi connectivity index (χ3v) is 5.40. The van der Waals surface area contributed by atoms with Crippen LogP contribution in [0.5, 0.6) is 0 Å². The van der Waals surface area contributed by atoms with Crippen LogP contribution in [0.4, 0.5) is 5.82 Å². The highest BCUT2D eigenvalue weighted by atomic mass is 16.1. The molecule has 1 aliphatic carbocycles. The number of aryl methyl sites for hydroxylation is 1. The monoisotopic (exact) mass is 343 g/mol. The lowest BCUT2D eigenvalue weighted by Gasteiger charge is -2.25. The van der Waals surface area contributed by atoms with E-state index in [1.807, 2.05) is 32.2 Å². The van der Waals surface area contributed by atoms with E-state index in [0.717, 1.165) is 24.7 Å². The van der Waals surface area contributed by atoms with Gasteiger partial charge in [-0.15, -0.1) is 0 Å². The summed E-state index contributed by atoms with van der Waals surface area (Å²) in [5.74, 6) is 1.50. The van der Waals surface area contributed by atoms with Crippen molar-refractivity contribution in [1.29, 1.82) is 0 Å². The van der Waals surface area contributed by atoms with E-state index in [0.29, 0.717) is 24.2 Å². The molecule has 2 heterocycles. The van der Waals surface area contributed by atoms with Crippen molar-refractivity contribution in [2.45, 2.75) is 45.4 Å². The summed E-state index contributed by atoms with van der Waals surface area (Å²) in [5, 5.41) is 6.18. The molecule has 2 aliphatic rings. The predicted octanol–water partition coefficient (Wildman–Crippen LogP) is 2.56. The van der Waals surface area contributed by atoms with Gasteiger partial charge in [0.25, 0.3) is 0 Å². The summed E-state index contributed by atoms with van der Waals surface area (Å²) in [6, 6.07) is 5.61. The summed E-state index contributed by atoms with van der Waals surface area (Å²) in [6.07, 6.45) is 7.11. The van der Waals surface area contributed by atoms with Crippen LogP contribution in [0.1, 0.15) is 44.2 Å². The fourth-order valence-corrected chi connectivity index (χ4v) is 4.09. The van der Waals surface area contributed by atoms with E-state index < -0.39 is 0 Å². The number of anilines is 1. The minimum Gasteiger partial charge on any atom is -0.356 e. The number of amides is 1. The molecule has 25 heavy (non-hydrogen) atoms. The molecule has 136 valence electrons. The molecule has 0 aromatic carbocycles. The van der Waals surface area contributed by atoms with E-state index in [4.69, 9.17) is 0 Å². The van der Waals surface area contributed by atoms with E-state index >= 15 is 0 Å². The highest BCUT2D eigenvalue weighted by Crippen LogP contribution is 2.45. The molecule has 2 fully saturated rings. The highest BCUT2D eigenvalue weighted by Gasteiger charge is 2.40. The summed E-state index contributed by atoms with van der Waals surface area (Å²) >= 11 is 0. The van der Waals surface area contributed by atoms with Crippen molar-refractivity contribution in [3.05, 3.63) is 23.9 Å². The first-order valence-corrected chi connectivity index (χ1v) is 9.29. The van der Waals surface area contributed by atoms with Crippen molar-refractivity contribution in [3.8, 4) is 0 Å². The number of nitrogens with one attached hydrogen (secondary N) is 2. The van der Waals surface area contributed by atoms with Crippen molar-refractivity contribution in [2.75, 3.05) is 32.0 Å². The zero-order valence-corrected chi connectivity index (χ0v) is 15.3. The molecule has 1 saturated carbocycles. The molecule has 3 rings (SSSR count). The fourth-order valence-electron chi connectivity index (χ4n) is 4.09. The fraction of sp³-hybridized carbons (Fsp3) is 0.632. The number of aromatic nitrogens is 1. The molecule has 1 saturated heterocycles. The van der Waals surface area contributed by atoms with Gasteiger partial charge in [-0.05, 0) is 43.7 Å². The molecule has 1 aromatic rings. The summed E-state index contributed by atoms with van der Waals surface area (Å²) in [6.45, 7) is 4.66. The highest BCUT2D eigenvalue weighted by molar-refractivity contribution is 5.90. The average Bonchev–Trinajstić information content (AvgIpc) is 3.22. The number of pyridine rings is 1. The van der Waals surface area contributed by atoms with Gasteiger partial charge < -0.3 is 15.5 Å². The molecule has 0 atom stereocenters. The van der Waals surface area contributed by atoms with Crippen molar-refractivity contribution < 1.29 is 4.79 Å².